The van der Waals surface area contributed by atoms with Crippen LogP contribution in [0, 0.1) is 25.7 Å². The first kappa shape index (κ1) is 27.2. The molecule has 1 aromatic carbocycles. The van der Waals surface area contributed by atoms with E-state index in [1.165, 1.54) is 16.7 Å². The summed E-state index contributed by atoms with van der Waals surface area (Å²) in [5.41, 5.74) is -0.434. The third kappa shape index (κ3) is 6.44. The van der Waals surface area contributed by atoms with E-state index in [4.69, 9.17) is 4.98 Å². The molecule has 3 aromatic rings. The average molecular weight is 554 g/mol. The van der Waals surface area contributed by atoms with Crippen LogP contribution in [0.4, 0.5) is 38.1 Å². The van der Waals surface area contributed by atoms with Crippen LogP contribution in [0.25, 0.3) is 0 Å². The molecule has 2 fully saturated rings. The second-order valence-electron chi connectivity index (χ2n) is 10.6. The van der Waals surface area contributed by atoms with Gasteiger partial charge in [-0.15, -0.1) is 5.10 Å². The normalized spacial score (nSPS) is 16.2. The zero-order valence-corrected chi connectivity index (χ0v) is 21.7. The van der Waals surface area contributed by atoms with Gasteiger partial charge in [-0.3, -0.25) is 0 Å². The highest BCUT2D eigenvalue weighted by molar-refractivity contribution is 5.53. The van der Waals surface area contributed by atoms with Crippen molar-refractivity contribution in [3.05, 3.63) is 57.8 Å². The second kappa shape index (κ2) is 9.98. The number of halogens is 6. The van der Waals surface area contributed by atoms with Crippen molar-refractivity contribution in [1.29, 1.82) is 0 Å². The van der Waals surface area contributed by atoms with Crippen LogP contribution in [-0.2, 0) is 32.5 Å². The fourth-order valence-corrected chi connectivity index (χ4v) is 4.99. The Hall–Kier alpha value is -3.38. The van der Waals surface area contributed by atoms with Gasteiger partial charge in [-0.2, -0.15) is 31.1 Å². The molecule has 7 nitrogen and oxygen atoms in total. The number of alkyl halides is 6. The van der Waals surface area contributed by atoms with Crippen LogP contribution in [0.5, 0.6) is 0 Å². The first-order valence-electron chi connectivity index (χ1n) is 12.8. The first-order valence-corrected chi connectivity index (χ1v) is 12.8. The Balaban J connectivity index is 1.52. The molecule has 0 radical (unpaired) electrons. The molecule has 0 unspecified atom stereocenters. The lowest BCUT2D eigenvalue weighted by Gasteiger charge is -2.26. The number of anilines is 2. The third-order valence-corrected chi connectivity index (χ3v) is 7.19. The summed E-state index contributed by atoms with van der Waals surface area (Å²) in [5, 5.41) is 15.7. The van der Waals surface area contributed by atoms with Crippen LogP contribution in [0.1, 0.15) is 59.2 Å². The number of rotatable bonds is 9. The minimum Gasteiger partial charge on any atom is -0.366 e. The molecule has 39 heavy (non-hydrogen) atoms. The van der Waals surface area contributed by atoms with Crippen molar-refractivity contribution in [1.82, 2.24) is 25.2 Å². The number of tetrazole rings is 1. The molecule has 2 aliphatic rings. The Labute approximate surface area is 221 Å². The molecule has 5 rings (SSSR count). The fourth-order valence-electron chi connectivity index (χ4n) is 4.99. The summed E-state index contributed by atoms with van der Waals surface area (Å²) in [4.78, 5) is 7.46. The Bertz CT molecular complexity index is 1300. The van der Waals surface area contributed by atoms with Gasteiger partial charge >= 0.3 is 12.4 Å². The lowest BCUT2D eigenvalue weighted by atomic mass is 10.0. The largest absolute Gasteiger partial charge is 0.416 e. The number of pyridine rings is 1. The van der Waals surface area contributed by atoms with Gasteiger partial charge in [0.15, 0.2) is 0 Å². The summed E-state index contributed by atoms with van der Waals surface area (Å²) < 4.78 is 81.1. The number of benzene rings is 1. The molecular weight excluding hydrogens is 524 g/mol. The number of nitrogens with zero attached hydrogens (tertiary/aromatic N) is 6. The topological polar surface area (TPSA) is 71.8 Å². The number of hydrogen-bond donors (Lipinski definition) is 1. The zero-order valence-electron chi connectivity index (χ0n) is 21.7. The monoisotopic (exact) mass is 553 g/mol. The highest BCUT2D eigenvalue weighted by atomic mass is 19.4. The molecule has 2 heterocycles. The van der Waals surface area contributed by atoms with E-state index in [0.717, 1.165) is 54.6 Å². The molecule has 0 amide bonds. The number of nitrogens with one attached hydrogen (secondary N) is 1. The summed E-state index contributed by atoms with van der Waals surface area (Å²) >= 11 is 0. The van der Waals surface area contributed by atoms with Crippen LogP contribution < -0.4 is 10.2 Å². The molecule has 2 aliphatic carbocycles. The van der Waals surface area contributed by atoms with Crippen LogP contribution in [0.2, 0.25) is 0 Å². The SMILES string of the molecule is Cc1cc(C)c(CN(Cc2cc(C(F)(F)F)cc(C(F)(F)F)c2)c2nnn(C)n2)c(NC(C2CC2)C2CC2)n1. The van der Waals surface area contributed by atoms with Gasteiger partial charge < -0.3 is 10.2 Å². The molecule has 13 heteroatoms. The number of aryl methyl sites for hydroxylation is 3. The maximum Gasteiger partial charge on any atom is 0.416 e. The van der Waals surface area contributed by atoms with Gasteiger partial charge in [0.25, 0.3) is 5.95 Å². The van der Waals surface area contributed by atoms with Crippen molar-refractivity contribution in [2.24, 2.45) is 18.9 Å². The smallest absolute Gasteiger partial charge is 0.366 e. The van der Waals surface area contributed by atoms with Gasteiger partial charge in [0.05, 0.1) is 24.7 Å². The van der Waals surface area contributed by atoms with Gasteiger partial charge in [-0.25, -0.2) is 4.98 Å². The van der Waals surface area contributed by atoms with Crippen LogP contribution in [0.15, 0.2) is 24.3 Å². The Morgan fingerprint density at radius 2 is 1.51 bits per heavy atom. The minimum atomic E-state index is -4.94. The van der Waals surface area contributed by atoms with E-state index < -0.39 is 23.5 Å². The van der Waals surface area contributed by atoms with Crippen molar-refractivity contribution in [3.63, 3.8) is 0 Å². The van der Waals surface area contributed by atoms with E-state index in [1.807, 2.05) is 19.9 Å². The van der Waals surface area contributed by atoms with Crippen molar-refractivity contribution in [2.75, 3.05) is 10.2 Å². The molecule has 2 saturated carbocycles. The summed E-state index contributed by atoms with van der Waals surface area (Å²) in [6, 6.07) is 3.78. The van der Waals surface area contributed by atoms with Gasteiger partial charge in [-0.05, 0) is 92.0 Å². The van der Waals surface area contributed by atoms with Crippen LogP contribution >= 0.6 is 0 Å². The predicted octanol–water partition coefficient (Wildman–Crippen LogP) is 6.07. The highest BCUT2D eigenvalue weighted by Crippen LogP contribution is 2.46. The molecule has 2 aromatic heterocycles. The average Bonchev–Trinajstić information content (AvgIpc) is 3.76. The quantitative estimate of drug-likeness (QED) is 0.325. The summed E-state index contributed by atoms with van der Waals surface area (Å²) in [7, 11) is 1.53. The van der Waals surface area contributed by atoms with Gasteiger partial charge in [0.1, 0.15) is 5.82 Å². The van der Waals surface area contributed by atoms with Crippen LogP contribution in [0.3, 0.4) is 0 Å². The number of aromatic nitrogens is 5. The van der Waals surface area contributed by atoms with E-state index in [0.29, 0.717) is 23.7 Å². The van der Waals surface area contributed by atoms with Crippen molar-refractivity contribution >= 4 is 11.8 Å². The van der Waals surface area contributed by atoms with Crippen molar-refractivity contribution < 1.29 is 26.3 Å². The maximum absolute atomic E-state index is 13.5. The van der Waals surface area contributed by atoms with E-state index >= 15 is 0 Å². The Kier molecular flexibility index (Phi) is 6.96. The standard InChI is InChI=1S/C26H29F6N7/c1-14-8-15(2)33-23(34-22(17-4-5-17)18-6-7-18)21(14)13-39(24-35-37-38(3)36-24)12-16-9-19(25(27,28)29)11-20(10-16)26(30,31)32/h8-11,17-18,22H,4-7,12-13H2,1-3H3,(H,33,34). The molecule has 0 saturated heterocycles. The van der Waals surface area contributed by atoms with Crippen molar-refractivity contribution in [2.45, 2.75) is 71.0 Å². The second-order valence-corrected chi connectivity index (χ2v) is 10.6. The fraction of sp³-hybridized carbons (Fsp3) is 0.538. The molecule has 1 N–H and O–H groups in total. The zero-order chi connectivity index (χ0) is 28.1. The lowest BCUT2D eigenvalue weighted by Crippen LogP contribution is -2.29. The summed E-state index contributed by atoms with van der Waals surface area (Å²) in [6.45, 7) is 3.59. The molecule has 0 spiro atoms. The summed E-state index contributed by atoms with van der Waals surface area (Å²) in [6.07, 6.45) is -5.27. The molecule has 0 aliphatic heterocycles. The predicted molar refractivity (Wildman–Crippen MR) is 132 cm³/mol. The first-order chi connectivity index (χ1) is 18.3. The highest BCUT2D eigenvalue weighted by Gasteiger charge is 2.42. The van der Waals surface area contributed by atoms with E-state index in [9.17, 15) is 26.3 Å². The van der Waals surface area contributed by atoms with Crippen molar-refractivity contribution in [3.8, 4) is 0 Å². The third-order valence-electron chi connectivity index (χ3n) is 7.19. The molecule has 210 valence electrons. The maximum atomic E-state index is 13.5. The van der Waals surface area contributed by atoms with Crippen LogP contribution in [-0.4, -0.2) is 31.2 Å². The number of hydrogen-bond acceptors (Lipinski definition) is 6. The van der Waals surface area contributed by atoms with E-state index in [-0.39, 0.29) is 30.7 Å². The van der Waals surface area contributed by atoms with Gasteiger partial charge in [-0.1, -0.05) is 5.10 Å². The lowest BCUT2D eigenvalue weighted by molar-refractivity contribution is -0.143. The molecular formula is C26H29F6N7. The minimum absolute atomic E-state index is 0.0790. The van der Waals surface area contributed by atoms with E-state index in [1.54, 1.807) is 0 Å². The van der Waals surface area contributed by atoms with E-state index in [2.05, 4.69) is 20.7 Å². The Morgan fingerprint density at radius 3 is 2.00 bits per heavy atom. The molecule has 0 atom stereocenters. The Morgan fingerprint density at radius 1 is 0.923 bits per heavy atom. The van der Waals surface area contributed by atoms with Gasteiger partial charge in [0, 0.05) is 23.8 Å². The summed E-state index contributed by atoms with van der Waals surface area (Å²) in [5.74, 6) is 1.91. The molecule has 0 bridgehead atoms. The van der Waals surface area contributed by atoms with Gasteiger partial charge in [0.2, 0.25) is 0 Å².